The molecule has 0 bridgehead atoms. The normalized spacial score (nSPS) is 11.6. The third kappa shape index (κ3) is 4.99. The topological polar surface area (TPSA) is 50.3 Å². The van der Waals surface area contributed by atoms with Crippen LogP contribution in [-0.4, -0.2) is 49.2 Å². The van der Waals surface area contributed by atoms with Crippen molar-refractivity contribution in [1.29, 1.82) is 0 Å². The molecule has 1 aromatic heterocycles. The molecule has 0 amide bonds. The van der Waals surface area contributed by atoms with Crippen LogP contribution in [-0.2, 0) is 0 Å². The van der Waals surface area contributed by atoms with Crippen LogP contribution in [0.3, 0.4) is 0 Å². The van der Waals surface area contributed by atoms with Gasteiger partial charge in [0.1, 0.15) is 0 Å². The van der Waals surface area contributed by atoms with E-state index in [2.05, 4.69) is 48.1 Å². The van der Waals surface area contributed by atoms with Crippen LogP contribution >= 0.6 is 0 Å². The quantitative estimate of drug-likeness (QED) is 0.813. The number of nitrogens with one attached hydrogen (secondary N) is 1. The van der Waals surface area contributed by atoms with E-state index in [-0.39, 0.29) is 5.41 Å². The van der Waals surface area contributed by atoms with Crippen molar-refractivity contribution in [2.45, 2.75) is 13.8 Å². The van der Waals surface area contributed by atoms with Crippen molar-refractivity contribution in [3.8, 4) is 5.75 Å². The largest absolute Gasteiger partial charge is 0.494 e. The second-order valence-corrected chi connectivity index (χ2v) is 5.20. The molecular weight excluding hydrogens is 216 g/mol. The van der Waals surface area contributed by atoms with Crippen LogP contribution < -0.4 is 10.1 Å². The van der Waals surface area contributed by atoms with Crippen molar-refractivity contribution in [2.75, 3.05) is 39.6 Å². The molecule has 0 saturated carbocycles. The van der Waals surface area contributed by atoms with Crippen molar-refractivity contribution in [1.82, 2.24) is 14.9 Å². The molecule has 0 fully saturated rings. The smallest absolute Gasteiger partial charge is 0.222 e. The summed E-state index contributed by atoms with van der Waals surface area (Å²) in [6.07, 6.45) is 3.32. The zero-order chi connectivity index (χ0) is 12.9. The molecule has 17 heavy (non-hydrogen) atoms. The maximum atomic E-state index is 5.01. The zero-order valence-electron chi connectivity index (χ0n) is 11.3. The summed E-state index contributed by atoms with van der Waals surface area (Å²) in [5.41, 5.74) is 0.173. The molecule has 1 aromatic rings. The van der Waals surface area contributed by atoms with Gasteiger partial charge in [-0.3, -0.25) is 0 Å². The van der Waals surface area contributed by atoms with Gasteiger partial charge >= 0.3 is 0 Å². The number of hydrogen-bond acceptors (Lipinski definition) is 5. The van der Waals surface area contributed by atoms with Gasteiger partial charge in [-0.05, 0) is 19.5 Å². The van der Waals surface area contributed by atoms with E-state index in [1.807, 2.05) is 0 Å². The minimum atomic E-state index is 0.173. The second-order valence-electron chi connectivity index (χ2n) is 5.20. The van der Waals surface area contributed by atoms with Crippen LogP contribution in [0.5, 0.6) is 5.75 Å². The fourth-order valence-corrected chi connectivity index (χ4v) is 1.74. The average Bonchev–Trinajstić information content (AvgIpc) is 2.25. The summed E-state index contributed by atoms with van der Waals surface area (Å²) >= 11 is 0. The minimum absolute atomic E-state index is 0.173. The fraction of sp³-hybridized carbons (Fsp3) is 0.667. The predicted octanol–water partition coefficient (Wildman–Crippen LogP) is 1.48. The molecule has 5 nitrogen and oxygen atoms in total. The molecule has 0 saturated heterocycles. The monoisotopic (exact) mass is 238 g/mol. The lowest BCUT2D eigenvalue weighted by Crippen LogP contribution is -2.34. The van der Waals surface area contributed by atoms with Gasteiger partial charge in [0, 0.05) is 13.1 Å². The van der Waals surface area contributed by atoms with E-state index in [1.165, 1.54) is 0 Å². The zero-order valence-corrected chi connectivity index (χ0v) is 11.3. The van der Waals surface area contributed by atoms with E-state index in [9.17, 15) is 0 Å². The summed E-state index contributed by atoms with van der Waals surface area (Å²) in [4.78, 5) is 10.5. The molecule has 1 rings (SSSR count). The first kappa shape index (κ1) is 13.7. The molecule has 0 atom stereocenters. The lowest BCUT2D eigenvalue weighted by atomic mass is 9.93. The molecule has 1 heterocycles. The Labute approximate surface area is 103 Å². The van der Waals surface area contributed by atoms with Gasteiger partial charge in [0.15, 0.2) is 5.75 Å². The van der Waals surface area contributed by atoms with Gasteiger partial charge in [-0.1, -0.05) is 13.8 Å². The van der Waals surface area contributed by atoms with E-state index in [1.54, 1.807) is 19.5 Å². The van der Waals surface area contributed by atoms with E-state index >= 15 is 0 Å². The standard InChI is InChI=1S/C12H22N4O/c1-12(2,9-16(3)4)8-15-11-13-6-10(17-5)7-14-11/h6-7H,8-9H2,1-5H3,(H,13,14,15). The maximum absolute atomic E-state index is 5.01. The summed E-state index contributed by atoms with van der Waals surface area (Å²) in [5, 5.41) is 3.24. The van der Waals surface area contributed by atoms with Crippen molar-refractivity contribution in [2.24, 2.45) is 5.41 Å². The van der Waals surface area contributed by atoms with Crippen LogP contribution in [0.2, 0.25) is 0 Å². The molecule has 0 aliphatic rings. The Morgan fingerprint density at radius 3 is 2.35 bits per heavy atom. The third-order valence-corrected chi connectivity index (χ3v) is 2.33. The number of ether oxygens (including phenoxy) is 1. The number of aromatic nitrogens is 2. The Balaban J connectivity index is 2.48. The highest BCUT2D eigenvalue weighted by Crippen LogP contribution is 2.16. The van der Waals surface area contributed by atoms with E-state index < -0.39 is 0 Å². The van der Waals surface area contributed by atoms with Crippen LogP contribution in [0.1, 0.15) is 13.8 Å². The molecule has 0 aliphatic heterocycles. The number of nitrogens with zero attached hydrogens (tertiary/aromatic N) is 3. The van der Waals surface area contributed by atoms with E-state index in [4.69, 9.17) is 4.74 Å². The summed E-state index contributed by atoms with van der Waals surface area (Å²) in [5.74, 6) is 1.31. The molecule has 1 N–H and O–H groups in total. The Hall–Kier alpha value is -1.36. The van der Waals surface area contributed by atoms with Crippen LogP contribution in [0.4, 0.5) is 5.95 Å². The Kier molecular flexibility index (Phi) is 4.69. The van der Waals surface area contributed by atoms with Gasteiger partial charge in [-0.25, -0.2) is 9.97 Å². The average molecular weight is 238 g/mol. The van der Waals surface area contributed by atoms with Crippen molar-refractivity contribution >= 4 is 5.95 Å². The molecule has 5 heteroatoms. The highest BCUT2D eigenvalue weighted by molar-refractivity contribution is 5.27. The molecule has 0 unspecified atom stereocenters. The molecule has 0 aliphatic carbocycles. The lowest BCUT2D eigenvalue weighted by molar-refractivity contribution is 0.254. The Morgan fingerprint density at radius 1 is 1.29 bits per heavy atom. The van der Waals surface area contributed by atoms with Crippen LogP contribution in [0.15, 0.2) is 12.4 Å². The predicted molar refractivity (Wildman–Crippen MR) is 69.4 cm³/mol. The molecule has 0 radical (unpaired) electrons. The molecule has 0 aromatic carbocycles. The summed E-state index contributed by atoms with van der Waals surface area (Å²) in [6.45, 7) is 6.26. The summed E-state index contributed by atoms with van der Waals surface area (Å²) < 4.78 is 5.01. The number of anilines is 1. The molecule has 0 spiro atoms. The van der Waals surface area contributed by atoms with Gasteiger partial charge in [0.25, 0.3) is 0 Å². The summed E-state index contributed by atoms with van der Waals surface area (Å²) in [7, 11) is 5.75. The van der Waals surface area contributed by atoms with Crippen LogP contribution in [0.25, 0.3) is 0 Å². The SMILES string of the molecule is COc1cnc(NCC(C)(C)CN(C)C)nc1. The fourth-order valence-electron chi connectivity index (χ4n) is 1.74. The Morgan fingerprint density at radius 2 is 1.88 bits per heavy atom. The van der Waals surface area contributed by atoms with Crippen molar-refractivity contribution in [3.05, 3.63) is 12.4 Å². The first-order valence-electron chi connectivity index (χ1n) is 5.67. The van der Waals surface area contributed by atoms with Gasteiger partial charge in [0.2, 0.25) is 5.95 Å². The number of rotatable bonds is 6. The van der Waals surface area contributed by atoms with Crippen molar-refractivity contribution in [3.63, 3.8) is 0 Å². The van der Waals surface area contributed by atoms with Gasteiger partial charge < -0.3 is 15.0 Å². The first-order chi connectivity index (χ1) is 7.93. The van der Waals surface area contributed by atoms with Crippen molar-refractivity contribution < 1.29 is 4.74 Å². The number of methoxy groups -OCH3 is 1. The highest BCUT2D eigenvalue weighted by atomic mass is 16.5. The Bertz CT molecular complexity index is 335. The van der Waals surface area contributed by atoms with Crippen LogP contribution in [0, 0.1) is 5.41 Å². The third-order valence-electron chi connectivity index (χ3n) is 2.33. The first-order valence-corrected chi connectivity index (χ1v) is 5.67. The molecule has 96 valence electrons. The van der Waals surface area contributed by atoms with Gasteiger partial charge in [-0.15, -0.1) is 0 Å². The summed E-state index contributed by atoms with van der Waals surface area (Å²) in [6, 6.07) is 0. The number of hydrogen-bond donors (Lipinski definition) is 1. The second kappa shape index (κ2) is 5.82. The highest BCUT2D eigenvalue weighted by Gasteiger charge is 2.18. The van der Waals surface area contributed by atoms with E-state index in [0.717, 1.165) is 13.1 Å². The van der Waals surface area contributed by atoms with Gasteiger partial charge in [-0.2, -0.15) is 0 Å². The van der Waals surface area contributed by atoms with Gasteiger partial charge in [0.05, 0.1) is 19.5 Å². The minimum Gasteiger partial charge on any atom is -0.494 e. The maximum Gasteiger partial charge on any atom is 0.222 e. The lowest BCUT2D eigenvalue weighted by Gasteiger charge is -2.28. The molecular formula is C12H22N4O. The van der Waals surface area contributed by atoms with E-state index in [0.29, 0.717) is 11.7 Å².